The molecule has 1 heterocycles. The molecule has 30 heavy (non-hydrogen) atoms. The highest BCUT2D eigenvalue weighted by Crippen LogP contribution is 2.37. The SMILES string of the molecule is CCC(C)c1ccc(N2C(=O)/C(=C\c3ccccc3OC(C)C(=O)O)SC2=S)cc1. The molecule has 0 aromatic heterocycles. The minimum Gasteiger partial charge on any atom is -0.479 e. The van der Waals surface area contributed by atoms with Crippen molar-refractivity contribution in [2.24, 2.45) is 0 Å². The molecular weight excluding hydrogens is 418 g/mol. The van der Waals surface area contributed by atoms with Gasteiger partial charge < -0.3 is 9.84 Å². The van der Waals surface area contributed by atoms with Crippen molar-refractivity contribution in [3.8, 4) is 5.75 Å². The number of benzene rings is 2. The smallest absolute Gasteiger partial charge is 0.344 e. The first-order valence-corrected chi connectivity index (χ1v) is 10.9. The molecule has 1 amide bonds. The largest absolute Gasteiger partial charge is 0.479 e. The third-order valence-corrected chi connectivity index (χ3v) is 6.29. The number of carbonyl (C=O) groups is 2. The first-order chi connectivity index (χ1) is 14.3. The summed E-state index contributed by atoms with van der Waals surface area (Å²) >= 11 is 6.67. The summed E-state index contributed by atoms with van der Waals surface area (Å²) in [5.74, 6) is -0.412. The zero-order valence-electron chi connectivity index (χ0n) is 17.0. The van der Waals surface area contributed by atoms with Crippen LogP contribution in [0, 0.1) is 0 Å². The van der Waals surface area contributed by atoms with Crippen molar-refractivity contribution < 1.29 is 19.4 Å². The maximum absolute atomic E-state index is 13.1. The van der Waals surface area contributed by atoms with Crippen molar-refractivity contribution in [2.45, 2.75) is 39.2 Å². The molecule has 1 saturated heterocycles. The Kier molecular flexibility index (Phi) is 6.95. The number of para-hydroxylation sites is 1. The van der Waals surface area contributed by atoms with Gasteiger partial charge in [-0.2, -0.15) is 0 Å². The van der Waals surface area contributed by atoms with Gasteiger partial charge in [0.1, 0.15) is 5.75 Å². The Morgan fingerprint density at radius 3 is 2.50 bits per heavy atom. The van der Waals surface area contributed by atoms with E-state index in [0.717, 1.165) is 12.1 Å². The molecule has 7 heteroatoms. The first-order valence-electron chi connectivity index (χ1n) is 9.68. The van der Waals surface area contributed by atoms with E-state index >= 15 is 0 Å². The lowest BCUT2D eigenvalue weighted by atomic mass is 9.98. The van der Waals surface area contributed by atoms with Gasteiger partial charge in [0.2, 0.25) is 0 Å². The highest BCUT2D eigenvalue weighted by molar-refractivity contribution is 8.27. The van der Waals surface area contributed by atoms with Crippen molar-refractivity contribution in [1.29, 1.82) is 0 Å². The molecule has 1 fully saturated rings. The highest BCUT2D eigenvalue weighted by Gasteiger charge is 2.33. The Hall–Kier alpha value is -2.64. The Labute approximate surface area is 185 Å². The average molecular weight is 442 g/mol. The van der Waals surface area contributed by atoms with Crippen LogP contribution < -0.4 is 9.64 Å². The fourth-order valence-corrected chi connectivity index (χ4v) is 4.26. The second kappa shape index (κ2) is 9.45. The molecule has 2 unspecified atom stereocenters. The highest BCUT2D eigenvalue weighted by atomic mass is 32.2. The Balaban J connectivity index is 1.86. The van der Waals surface area contributed by atoms with Crippen LogP contribution in [0.25, 0.3) is 6.08 Å². The molecule has 156 valence electrons. The number of thiocarbonyl (C=S) groups is 1. The van der Waals surface area contributed by atoms with Crippen molar-refractivity contribution in [3.05, 3.63) is 64.6 Å². The molecule has 2 aromatic rings. The monoisotopic (exact) mass is 441 g/mol. The van der Waals surface area contributed by atoms with Gasteiger partial charge in [-0.1, -0.05) is 68.2 Å². The Bertz CT molecular complexity index is 1000. The van der Waals surface area contributed by atoms with Gasteiger partial charge in [-0.15, -0.1) is 0 Å². The summed E-state index contributed by atoms with van der Waals surface area (Å²) in [7, 11) is 0. The first kappa shape index (κ1) is 22.1. The van der Waals surface area contributed by atoms with Crippen LogP contribution in [0.1, 0.15) is 44.2 Å². The predicted octanol–water partition coefficient (Wildman–Crippen LogP) is 5.46. The van der Waals surface area contributed by atoms with E-state index in [9.17, 15) is 9.59 Å². The lowest BCUT2D eigenvalue weighted by Gasteiger charge is -2.16. The van der Waals surface area contributed by atoms with E-state index in [1.165, 1.54) is 29.1 Å². The molecule has 1 N–H and O–H groups in total. The maximum atomic E-state index is 13.1. The third kappa shape index (κ3) is 4.74. The molecule has 0 radical (unpaired) electrons. The minimum absolute atomic E-state index is 0.206. The van der Waals surface area contributed by atoms with Crippen LogP contribution in [0.15, 0.2) is 53.4 Å². The van der Waals surface area contributed by atoms with Crippen molar-refractivity contribution in [3.63, 3.8) is 0 Å². The Morgan fingerprint density at radius 2 is 1.87 bits per heavy atom. The molecular formula is C23H23NO4S2. The predicted molar refractivity (Wildman–Crippen MR) is 125 cm³/mol. The zero-order chi connectivity index (χ0) is 21.8. The fraction of sp³-hybridized carbons (Fsp3) is 0.261. The summed E-state index contributed by atoms with van der Waals surface area (Å²) in [6, 6.07) is 14.9. The number of carboxylic acids is 1. The van der Waals surface area contributed by atoms with E-state index in [1.54, 1.807) is 30.3 Å². The molecule has 0 bridgehead atoms. The fourth-order valence-electron chi connectivity index (χ4n) is 2.97. The number of carbonyl (C=O) groups excluding carboxylic acids is 1. The second-order valence-corrected chi connectivity index (χ2v) is 8.73. The van der Waals surface area contributed by atoms with E-state index in [0.29, 0.717) is 26.5 Å². The van der Waals surface area contributed by atoms with Crippen LogP contribution in [0.2, 0.25) is 0 Å². The van der Waals surface area contributed by atoms with Gasteiger partial charge in [0.05, 0.1) is 10.6 Å². The number of aliphatic carboxylic acids is 1. The molecule has 0 spiro atoms. The van der Waals surface area contributed by atoms with Crippen LogP contribution in [0.5, 0.6) is 5.75 Å². The van der Waals surface area contributed by atoms with E-state index in [1.807, 2.05) is 24.3 Å². The van der Waals surface area contributed by atoms with Crippen LogP contribution in [-0.4, -0.2) is 27.4 Å². The zero-order valence-corrected chi connectivity index (χ0v) is 18.6. The number of anilines is 1. The van der Waals surface area contributed by atoms with Gasteiger partial charge >= 0.3 is 5.97 Å². The summed E-state index contributed by atoms with van der Waals surface area (Å²) < 4.78 is 5.98. The van der Waals surface area contributed by atoms with Crippen LogP contribution >= 0.6 is 24.0 Å². The van der Waals surface area contributed by atoms with Gasteiger partial charge in [-0.3, -0.25) is 9.69 Å². The molecule has 3 rings (SSSR count). The third-order valence-electron chi connectivity index (χ3n) is 4.98. The van der Waals surface area contributed by atoms with E-state index in [2.05, 4.69) is 13.8 Å². The van der Waals surface area contributed by atoms with Gasteiger partial charge in [-0.25, -0.2) is 4.79 Å². The second-order valence-electron chi connectivity index (χ2n) is 7.05. The number of ether oxygens (including phenoxy) is 1. The molecule has 1 aliphatic rings. The lowest BCUT2D eigenvalue weighted by molar-refractivity contribution is -0.144. The van der Waals surface area contributed by atoms with Crippen LogP contribution in [0.4, 0.5) is 5.69 Å². The minimum atomic E-state index is -1.06. The summed E-state index contributed by atoms with van der Waals surface area (Å²) in [6.07, 6.45) is 1.74. The normalized spacial score (nSPS) is 17.3. The molecule has 2 aromatic carbocycles. The van der Waals surface area contributed by atoms with Gasteiger partial charge in [0.25, 0.3) is 5.91 Å². The van der Waals surface area contributed by atoms with E-state index in [4.69, 9.17) is 22.1 Å². The summed E-state index contributed by atoms with van der Waals surface area (Å²) in [6.45, 7) is 5.77. The molecule has 0 aliphatic carbocycles. The summed E-state index contributed by atoms with van der Waals surface area (Å²) in [4.78, 5) is 26.2. The molecule has 2 atom stereocenters. The number of carboxylic acid groups (broad SMARTS) is 1. The lowest BCUT2D eigenvalue weighted by Crippen LogP contribution is -2.27. The van der Waals surface area contributed by atoms with Crippen molar-refractivity contribution >= 4 is 51.9 Å². The van der Waals surface area contributed by atoms with Gasteiger partial charge in [0.15, 0.2) is 10.4 Å². The quantitative estimate of drug-likeness (QED) is 0.455. The van der Waals surface area contributed by atoms with E-state index in [-0.39, 0.29) is 5.91 Å². The maximum Gasteiger partial charge on any atom is 0.344 e. The standard InChI is InChI=1S/C23H23NO4S2/c1-4-14(2)16-9-11-18(12-10-16)24-21(25)20(30-23(24)29)13-17-7-5-6-8-19(17)28-15(3)22(26)27/h5-15H,4H2,1-3H3,(H,26,27)/b20-13+. The molecule has 5 nitrogen and oxygen atoms in total. The van der Waals surface area contributed by atoms with E-state index < -0.39 is 12.1 Å². The average Bonchev–Trinajstić information content (AvgIpc) is 3.01. The van der Waals surface area contributed by atoms with Crippen molar-refractivity contribution in [2.75, 3.05) is 4.90 Å². The number of amides is 1. The van der Waals surface area contributed by atoms with Crippen LogP contribution in [-0.2, 0) is 9.59 Å². The summed E-state index contributed by atoms with van der Waals surface area (Å²) in [5.41, 5.74) is 2.58. The number of thioether (sulfide) groups is 1. The number of rotatable bonds is 7. The Morgan fingerprint density at radius 1 is 1.20 bits per heavy atom. The number of hydrogen-bond acceptors (Lipinski definition) is 5. The molecule has 0 saturated carbocycles. The van der Waals surface area contributed by atoms with Gasteiger partial charge in [-0.05, 0) is 49.1 Å². The van der Waals surface area contributed by atoms with Gasteiger partial charge in [0, 0.05) is 5.56 Å². The molecule has 1 aliphatic heterocycles. The van der Waals surface area contributed by atoms with Crippen molar-refractivity contribution in [1.82, 2.24) is 0 Å². The topological polar surface area (TPSA) is 66.8 Å². The number of hydrogen-bond donors (Lipinski definition) is 1. The number of nitrogens with zero attached hydrogens (tertiary/aromatic N) is 1. The van der Waals surface area contributed by atoms with Crippen LogP contribution in [0.3, 0.4) is 0 Å². The summed E-state index contributed by atoms with van der Waals surface area (Å²) in [5, 5.41) is 9.10.